The Hall–Kier alpha value is -1.97. The average Bonchev–Trinajstić information content (AvgIpc) is 2.85. The van der Waals surface area contributed by atoms with Gasteiger partial charge in [-0.3, -0.25) is 0 Å². The van der Waals surface area contributed by atoms with Crippen LogP contribution in [0.2, 0.25) is 0 Å². The topological polar surface area (TPSA) is 61.3 Å². The highest BCUT2D eigenvalue weighted by Gasteiger charge is 2.08. The Bertz CT molecular complexity index is 425. The van der Waals surface area contributed by atoms with Crippen LogP contribution in [0.1, 0.15) is 13.8 Å². The van der Waals surface area contributed by atoms with Crippen LogP contribution in [0.3, 0.4) is 0 Å². The Labute approximate surface area is 95.1 Å². The Morgan fingerprint density at radius 1 is 1.31 bits per heavy atom. The van der Waals surface area contributed by atoms with Crippen LogP contribution in [0, 0.1) is 0 Å². The predicted octanol–water partition coefficient (Wildman–Crippen LogP) is 2.96. The normalized spacial score (nSPS) is 9.19. The van der Waals surface area contributed by atoms with E-state index >= 15 is 0 Å². The molecule has 1 heterocycles. The Morgan fingerprint density at radius 2 is 2.06 bits per heavy atom. The molecule has 86 valence electrons. The Balaban J connectivity index is 0.000000606. The van der Waals surface area contributed by atoms with Crippen molar-refractivity contribution < 1.29 is 9.15 Å². The number of nitrogens with zero attached hydrogens (tertiary/aromatic N) is 1. The highest BCUT2D eigenvalue weighted by atomic mass is 16.5. The largest absolute Gasteiger partial charge is 0.496 e. The zero-order valence-electron chi connectivity index (χ0n) is 9.73. The van der Waals surface area contributed by atoms with Gasteiger partial charge in [-0.05, 0) is 12.1 Å². The highest BCUT2D eigenvalue weighted by Crippen LogP contribution is 2.31. The first-order chi connectivity index (χ1) is 7.81. The number of hydrogen-bond donors (Lipinski definition) is 1. The molecule has 2 aromatic rings. The minimum atomic E-state index is 0.658. The van der Waals surface area contributed by atoms with Gasteiger partial charge in [-0.1, -0.05) is 13.8 Å². The van der Waals surface area contributed by atoms with Gasteiger partial charge >= 0.3 is 0 Å². The molecule has 0 saturated heterocycles. The van der Waals surface area contributed by atoms with Gasteiger partial charge in [0.2, 0.25) is 0 Å². The smallest absolute Gasteiger partial charge is 0.181 e. The lowest BCUT2D eigenvalue weighted by molar-refractivity contribution is 0.415. The second-order valence-corrected chi connectivity index (χ2v) is 2.83. The fourth-order valence-corrected chi connectivity index (χ4v) is 1.26. The van der Waals surface area contributed by atoms with E-state index in [2.05, 4.69) is 4.98 Å². The Kier molecular flexibility index (Phi) is 4.39. The summed E-state index contributed by atoms with van der Waals surface area (Å²) in [5.41, 5.74) is 7.13. The molecular formula is C12H16N2O2. The maximum atomic E-state index is 5.63. The predicted molar refractivity (Wildman–Crippen MR) is 64.3 cm³/mol. The van der Waals surface area contributed by atoms with Gasteiger partial charge in [0.15, 0.2) is 12.2 Å². The molecule has 0 aliphatic carbocycles. The molecule has 0 atom stereocenters. The van der Waals surface area contributed by atoms with Crippen LogP contribution in [0.25, 0.3) is 11.3 Å². The van der Waals surface area contributed by atoms with Gasteiger partial charge < -0.3 is 14.9 Å². The average molecular weight is 220 g/mol. The SMILES string of the molecule is CC.COc1cc(N)ccc1-c1cnco1. The number of nitrogens with two attached hydrogens (primary N) is 1. The van der Waals surface area contributed by atoms with Crippen molar-refractivity contribution in [3.63, 3.8) is 0 Å². The summed E-state index contributed by atoms with van der Waals surface area (Å²) in [6.07, 6.45) is 3.01. The second-order valence-electron chi connectivity index (χ2n) is 2.83. The van der Waals surface area contributed by atoms with E-state index in [1.54, 1.807) is 25.4 Å². The number of aromatic nitrogens is 1. The van der Waals surface area contributed by atoms with E-state index in [0.717, 1.165) is 5.56 Å². The molecule has 16 heavy (non-hydrogen) atoms. The third-order valence-electron chi connectivity index (χ3n) is 1.92. The molecule has 0 unspecified atom stereocenters. The fraction of sp³-hybridized carbons (Fsp3) is 0.250. The number of benzene rings is 1. The number of anilines is 1. The molecule has 4 heteroatoms. The molecule has 1 aromatic heterocycles. The lowest BCUT2D eigenvalue weighted by Gasteiger charge is -2.05. The van der Waals surface area contributed by atoms with E-state index in [1.165, 1.54) is 6.39 Å². The van der Waals surface area contributed by atoms with Crippen molar-refractivity contribution in [1.29, 1.82) is 0 Å². The molecule has 0 amide bonds. The van der Waals surface area contributed by atoms with E-state index < -0.39 is 0 Å². The van der Waals surface area contributed by atoms with E-state index in [1.807, 2.05) is 19.9 Å². The maximum Gasteiger partial charge on any atom is 0.181 e. The molecule has 4 nitrogen and oxygen atoms in total. The molecule has 1 aromatic carbocycles. The van der Waals surface area contributed by atoms with Crippen molar-refractivity contribution in [2.75, 3.05) is 12.8 Å². The number of methoxy groups -OCH3 is 1. The van der Waals surface area contributed by atoms with Crippen molar-refractivity contribution in [2.45, 2.75) is 13.8 Å². The summed E-state index contributed by atoms with van der Waals surface area (Å²) in [7, 11) is 1.59. The first-order valence-electron chi connectivity index (χ1n) is 5.13. The molecule has 0 aliphatic rings. The molecule has 0 aliphatic heterocycles. The molecule has 2 N–H and O–H groups in total. The summed E-state index contributed by atoms with van der Waals surface area (Å²) in [5.74, 6) is 1.35. The van der Waals surface area contributed by atoms with Crippen LogP contribution in [-0.2, 0) is 0 Å². The van der Waals surface area contributed by atoms with Crippen molar-refractivity contribution in [3.8, 4) is 17.1 Å². The first-order valence-corrected chi connectivity index (χ1v) is 5.13. The molecule has 0 spiro atoms. The summed E-state index contributed by atoms with van der Waals surface area (Å²) in [6, 6.07) is 5.38. The number of nitrogen functional groups attached to an aromatic ring is 1. The first kappa shape index (κ1) is 12.1. The monoisotopic (exact) mass is 220 g/mol. The molecule has 2 rings (SSSR count). The van der Waals surface area contributed by atoms with Crippen molar-refractivity contribution in [3.05, 3.63) is 30.8 Å². The van der Waals surface area contributed by atoms with Crippen molar-refractivity contribution >= 4 is 5.69 Å². The molecule has 0 fully saturated rings. The molecular weight excluding hydrogens is 204 g/mol. The van der Waals surface area contributed by atoms with Gasteiger partial charge in [-0.25, -0.2) is 4.98 Å². The number of ether oxygens (including phenoxy) is 1. The lowest BCUT2D eigenvalue weighted by Crippen LogP contribution is -1.90. The third-order valence-corrected chi connectivity index (χ3v) is 1.92. The van der Waals surface area contributed by atoms with Gasteiger partial charge in [0.05, 0.1) is 18.9 Å². The summed E-state index contributed by atoms with van der Waals surface area (Å²) in [6.45, 7) is 4.00. The lowest BCUT2D eigenvalue weighted by atomic mass is 10.1. The highest BCUT2D eigenvalue weighted by molar-refractivity contribution is 5.68. The van der Waals surface area contributed by atoms with Crippen LogP contribution in [0.15, 0.2) is 35.2 Å². The van der Waals surface area contributed by atoms with Crippen LogP contribution in [0.5, 0.6) is 5.75 Å². The standard InChI is InChI=1S/C10H10N2O2.C2H6/c1-13-9-4-7(11)2-3-8(9)10-5-12-6-14-10;1-2/h2-6H,11H2,1H3;1-2H3. The summed E-state index contributed by atoms with van der Waals surface area (Å²) in [5, 5.41) is 0. The van der Waals surface area contributed by atoms with Gasteiger partial charge in [0.25, 0.3) is 0 Å². The third kappa shape index (κ3) is 2.53. The van der Waals surface area contributed by atoms with Gasteiger partial charge in [0, 0.05) is 11.8 Å². The van der Waals surface area contributed by atoms with E-state index in [9.17, 15) is 0 Å². The van der Waals surface area contributed by atoms with E-state index in [0.29, 0.717) is 17.2 Å². The van der Waals surface area contributed by atoms with Gasteiger partial charge in [-0.2, -0.15) is 0 Å². The van der Waals surface area contributed by atoms with Gasteiger partial charge in [-0.15, -0.1) is 0 Å². The quantitative estimate of drug-likeness (QED) is 0.790. The summed E-state index contributed by atoms with van der Waals surface area (Å²) in [4.78, 5) is 3.84. The molecule has 0 bridgehead atoms. The van der Waals surface area contributed by atoms with E-state index in [4.69, 9.17) is 14.9 Å². The van der Waals surface area contributed by atoms with Crippen LogP contribution in [-0.4, -0.2) is 12.1 Å². The van der Waals surface area contributed by atoms with Crippen LogP contribution < -0.4 is 10.5 Å². The Morgan fingerprint density at radius 3 is 2.62 bits per heavy atom. The molecule has 0 saturated carbocycles. The minimum Gasteiger partial charge on any atom is -0.496 e. The number of oxazole rings is 1. The number of rotatable bonds is 2. The molecule has 0 radical (unpaired) electrons. The zero-order valence-corrected chi connectivity index (χ0v) is 9.73. The van der Waals surface area contributed by atoms with Crippen LogP contribution >= 0.6 is 0 Å². The van der Waals surface area contributed by atoms with Crippen molar-refractivity contribution in [1.82, 2.24) is 4.98 Å². The maximum absolute atomic E-state index is 5.63. The second kappa shape index (κ2) is 5.80. The van der Waals surface area contributed by atoms with E-state index in [-0.39, 0.29) is 0 Å². The fourth-order valence-electron chi connectivity index (χ4n) is 1.26. The van der Waals surface area contributed by atoms with Crippen molar-refractivity contribution in [2.24, 2.45) is 0 Å². The zero-order chi connectivity index (χ0) is 12.0. The minimum absolute atomic E-state index is 0.658. The van der Waals surface area contributed by atoms with Crippen LogP contribution in [0.4, 0.5) is 5.69 Å². The number of hydrogen-bond acceptors (Lipinski definition) is 4. The summed E-state index contributed by atoms with van der Waals surface area (Å²) >= 11 is 0. The summed E-state index contributed by atoms with van der Waals surface area (Å²) < 4.78 is 10.4. The van der Waals surface area contributed by atoms with Gasteiger partial charge in [0.1, 0.15) is 5.75 Å².